The van der Waals surface area contributed by atoms with E-state index in [1.165, 1.54) is 6.20 Å². The first-order chi connectivity index (χ1) is 15.7. The average molecular weight is 428 g/mol. The van der Waals surface area contributed by atoms with E-state index in [-0.39, 0.29) is 0 Å². The maximum atomic E-state index is 6.55. The number of hydrogen-bond donors (Lipinski definition) is 5. The summed E-state index contributed by atoms with van der Waals surface area (Å²) in [4.78, 5) is 4.71. The maximum Gasteiger partial charge on any atom is 0.222 e. The lowest BCUT2D eigenvalue weighted by atomic mass is 9.99. The van der Waals surface area contributed by atoms with Crippen LogP contribution < -0.4 is 32.3 Å². The second kappa shape index (κ2) is 11.8. The Morgan fingerprint density at radius 3 is 2.53 bits per heavy atom. The minimum Gasteiger partial charge on any atom is -0.457 e. The van der Waals surface area contributed by atoms with Gasteiger partial charge >= 0.3 is 0 Å². The summed E-state index contributed by atoms with van der Waals surface area (Å²) in [6.07, 6.45) is 7.45. The highest BCUT2D eigenvalue weighted by atomic mass is 16.5. The van der Waals surface area contributed by atoms with Crippen LogP contribution in [0.1, 0.15) is 24.4 Å². The molecule has 1 aliphatic rings. The molecule has 164 valence electrons. The second-order valence-corrected chi connectivity index (χ2v) is 7.21. The van der Waals surface area contributed by atoms with Crippen molar-refractivity contribution in [2.75, 3.05) is 13.6 Å². The summed E-state index contributed by atoms with van der Waals surface area (Å²) in [5.74, 6) is 2.07. The van der Waals surface area contributed by atoms with E-state index in [9.17, 15) is 0 Å². The van der Waals surface area contributed by atoms with Gasteiger partial charge in [-0.25, -0.2) is 5.43 Å². The van der Waals surface area contributed by atoms with Crippen LogP contribution in [0.5, 0.6) is 11.5 Å². The van der Waals surface area contributed by atoms with E-state index in [2.05, 4.69) is 22.2 Å². The van der Waals surface area contributed by atoms with Crippen LogP contribution in [0.2, 0.25) is 0 Å². The van der Waals surface area contributed by atoms with Gasteiger partial charge in [0.1, 0.15) is 17.3 Å². The summed E-state index contributed by atoms with van der Waals surface area (Å²) < 4.78 is 5.86. The van der Waals surface area contributed by atoms with Gasteiger partial charge in [-0.3, -0.25) is 4.99 Å². The molecular formula is C24H29BN6O. The molecule has 32 heavy (non-hydrogen) atoms. The van der Waals surface area contributed by atoms with Crippen LogP contribution in [0.15, 0.2) is 94.8 Å². The Morgan fingerprint density at radius 2 is 1.88 bits per heavy atom. The van der Waals surface area contributed by atoms with Gasteiger partial charge in [-0.05, 0) is 48.2 Å². The zero-order valence-corrected chi connectivity index (χ0v) is 18.2. The molecule has 3 rings (SSSR count). The fourth-order valence-corrected chi connectivity index (χ4v) is 3.39. The SMILES string of the molecule is [B]NC1=C(CN=C(NNC)/C(=C\N)C(N)c2ccc(Oc3ccccc3)cc2)C=CCC1. The Morgan fingerprint density at radius 1 is 1.16 bits per heavy atom. The molecule has 0 bridgehead atoms. The second-order valence-electron chi connectivity index (χ2n) is 7.21. The highest BCUT2D eigenvalue weighted by Gasteiger charge is 2.18. The predicted molar refractivity (Wildman–Crippen MR) is 131 cm³/mol. The lowest BCUT2D eigenvalue weighted by Crippen LogP contribution is -2.39. The number of amidine groups is 1. The number of nitrogens with two attached hydrogens (primary N) is 2. The smallest absolute Gasteiger partial charge is 0.222 e. The van der Waals surface area contributed by atoms with Crippen molar-refractivity contribution in [2.45, 2.75) is 18.9 Å². The van der Waals surface area contributed by atoms with Crippen LogP contribution >= 0.6 is 0 Å². The van der Waals surface area contributed by atoms with E-state index in [1.54, 1.807) is 7.05 Å². The molecule has 2 aromatic carbocycles. The third-order valence-electron chi connectivity index (χ3n) is 5.10. The van der Waals surface area contributed by atoms with E-state index in [0.29, 0.717) is 18.0 Å². The number of rotatable bonds is 9. The predicted octanol–water partition coefficient (Wildman–Crippen LogP) is 2.72. The molecule has 2 radical (unpaired) electrons. The van der Waals surface area contributed by atoms with Crippen molar-refractivity contribution in [1.29, 1.82) is 0 Å². The molecule has 8 heteroatoms. The van der Waals surface area contributed by atoms with Gasteiger partial charge in [-0.2, -0.15) is 0 Å². The normalized spacial score (nSPS) is 15.4. The van der Waals surface area contributed by atoms with Crippen LogP contribution in [-0.2, 0) is 0 Å². The highest BCUT2D eigenvalue weighted by Crippen LogP contribution is 2.25. The number of hydrogen-bond acceptors (Lipinski definition) is 6. The van der Waals surface area contributed by atoms with Crippen molar-refractivity contribution >= 4 is 13.8 Å². The average Bonchev–Trinajstić information content (AvgIpc) is 2.84. The molecule has 0 heterocycles. The Hall–Kier alpha value is -3.49. The van der Waals surface area contributed by atoms with Gasteiger partial charge in [-0.1, -0.05) is 42.5 Å². The Labute approximate surface area is 190 Å². The number of benzene rings is 2. The van der Waals surface area contributed by atoms with Gasteiger partial charge in [0.2, 0.25) is 7.98 Å². The largest absolute Gasteiger partial charge is 0.457 e. The molecule has 0 aromatic heterocycles. The molecule has 7 N–H and O–H groups in total. The standard InChI is InChI=1S/C24H29BN6O/c1-28-31-24(29-16-18-7-5-6-10-22(18)30-25)21(15-26)23(27)17-11-13-20(14-12-17)32-19-8-3-2-4-9-19/h2-5,7-9,11-15,23,28,30H,6,10,16,26-27H2,1H3,(H,29,31)/b21-15-. The van der Waals surface area contributed by atoms with Gasteiger partial charge in [0.15, 0.2) is 0 Å². The molecule has 2 aromatic rings. The number of nitrogens with one attached hydrogen (secondary N) is 3. The molecule has 0 amide bonds. The van der Waals surface area contributed by atoms with Gasteiger partial charge in [0.25, 0.3) is 0 Å². The van der Waals surface area contributed by atoms with E-state index in [0.717, 1.165) is 41.2 Å². The molecule has 0 spiro atoms. The molecule has 0 aliphatic heterocycles. The third kappa shape index (κ3) is 6.03. The summed E-state index contributed by atoms with van der Waals surface area (Å²) in [7, 11) is 7.41. The van der Waals surface area contributed by atoms with Gasteiger partial charge < -0.3 is 26.9 Å². The van der Waals surface area contributed by atoms with Crippen molar-refractivity contribution < 1.29 is 4.74 Å². The molecule has 1 aliphatic carbocycles. The van der Waals surface area contributed by atoms with Crippen molar-refractivity contribution in [3.63, 3.8) is 0 Å². The topological polar surface area (TPSA) is 110 Å². The van der Waals surface area contributed by atoms with Crippen LogP contribution in [0.3, 0.4) is 0 Å². The van der Waals surface area contributed by atoms with Crippen LogP contribution in [0.4, 0.5) is 0 Å². The monoisotopic (exact) mass is 428 g/mol. The lowest BCUT2D eigenvalue weighted by Gasteiger charge is -2.20. The molecule has 0 saturated heterocycles. The molecule has 7 nitrogen and oxygen atoms in total. The highest BCUT2D eigenvalue weighted by molar-refractivity contribution is 6.05. The Balaban J connectivity index is 1.76. The molecule has 0 saturated carbocycles. The number of nitrogens with zero attached hydrogens (tertiary/aromatic N) is 1. The quantitative estimate of drug-likeness (QED) is 0.182. The van der Waals surface area contributed by atoms with Crippen molar-refractivity contribution in [3.8, 4) is 11.5 Å². The third-order valence-corrected chi connectivity index (χ3v) is 5.10. The summed E-state index contributed by atoms with van der Waals surface area (Å²) in [6.45, 7) is 0.438. The number of para-hydroxylation sites is 1. The molecule has 1 unspecified atom stereocenters. The first-order valence-electron chi connectivity index (χ1n) is 10.5. The van der Waals surface area contributed by atoms with Gasteiger partial charge in [-0.15, -0.1) is 0 Å². The first kappa shape index (κ1) is 23.2. The molecule has 0 fully saturated rings. The zero-order chi connectivity index (χ0) is 22.8. The van der Waals surface area contributed by atoms with E-state index in [1.807, 2.05) is 60.7 Å². The van der Waals surface area contributed by atoms with Crippen molar-refractivity contribution in [1.82, 2.24) is 16.1 Å². The van der Waals surface area contributed by atoms with E-state index in [4.69, 9.17) is 29.2 Å². The van der Waals surface area contributed by atoms with Gasteiger partial charge in [0.05, 0.1) is 12.6 Å². The minimum absolute atomic E-state index is 0.438. The van der Waals surface area contributed by atoms with E-state index < -0.39 is 6.04 Å². The number of allylic oxidation sites excluding steroid dienone is 2. The van der Waals surface area contributed by atoms with Crippen LogP contribution in [0.25, 0.3) is 0 Å². The zero-order valence-electron chi connectivity index (χ0n) is 18.2. The van der Waals surface area contributed by atoms with Crippen LogP contribution in [-0.4, -0.2) is 27.4 Å². The maximum absolute atomic E-state index is 6.55. The van der Waals surface area contributed by atoms with Crippen LogP contribution in [0, 0.1) is 0 Å². The summed E-state index contributed by atoms with van der Waals surface area (Å²) >= 11 is 0. The Bertz CT molecular complexity index is 999. The van der Waals surface area contributed by atoms with Crippen molar-refractivity contribution in [2.24, 2.45) is 16.5 Å². The molecular weight excluding hydrogens is 399 g/mol. The fourth-order valence-electron chi connectivity index (χ4n) is 3.39. The lowest BCUT2D eigenvalue weighted by molar-refractivity contribution is 0.482. The van der Waals surface area contributed by atoms with Crippen molar-refractivity contribution in [3.05, 3.63) is 95.4 Å². The number of hydrazine groups is 1. The molecule has 1 atom stereocenters. The summed E-state index contributed by atoms with van der Waals surface area (Å²) in [6, 6.07) is 16.8. The summed E-state index contributed by atoms with van der Waals surface area (Å²) in [5.41, 5.74) is 22.0. The summed E-state index contributed by atoms with van der Waals surface area (Å²) in [5, 5.41) is 2.77. The number of ether oxygens (including phenoxy) is 1. The minimum atomic E-state index is -0.478. The Kier molecular flexibility index (Phi) is 8.54. The fraction of sp³-hybridized carbons (Fsp3) is 0.208. The first-order valence-corrected chi connectivity index (χ1v) is 10.5. The number of aliphatic imine (C=N–C) groups is 1. The van der Waals surface area contributed by atoms with E-state index >= 15 is 0 Å². The van der Waals surface area contributed by atoms with Gasteiger partial charge in [0, 0.05) is 24.5 Å².